The van der Waals surface area contributed by atoms with Gasteiger partial charge in [0.25, 0.3) is 0 Å². The molecule has 0 aromatic rings. The van der Waals surface area contributed by atoms with Crippen LogP contribution in [0, 0.1) is 17.3 Å². The summed E-state index contributed by atoms with van der Waals surface area (Å²) in [5, 5.41) is 0. The van der Waals surface area contributed by atoms with Crippen LogP contribution in [0.4, 0.5) is 0 Å². The van der Waals surface area contributed by atoms with Gasteiger partial charge in [0.05, 0.1) is 25.0 Å². The summed E-state index contributed by atoms with van der Waals surface area (Å²) in [6.45, 7) is 10.5. The topological polar surface area (TPSA) is 81.7 Å². The zero-order valence-corrected chi connectivity index (χ0v) is 18.6. The molecule has 0 aromatic carbocycles. The molecule has 2 aliphatic carbocycles. The maximum atomic E-state index is 13.5. The van der Waals surface area contributed by atoms with Crippen LogP contribution in [0.2, 0.25) is 0 Å². The molecule has 0 aliphatic heterocycles. The molecule has 0 spiro atoms. The molecular weight excluding hydrogens is 370 g/mol. The second-order valence-corrected chi connectivity index (χ2v) is 8.67. The summed E-state index contributed by atoms with van der Waals surface area (Å²) in [5.74, 6) is -2.69. The van der Waals surface area contributed by atoms with Gasteiger partial charge in [0.2, 0.25) is 0 Å². The number of hydrogen-bond acceptors (Lipinski definition) is 6. The first-order valence-electron chi connectivity index (χ1n) is 10.7. The Morgan fingerprint density at radius 3 is 2.48 bits per heavy atom. The van der Waals surface area contributed by atoms with Crippen molar-refractivity contribution in [2.75, 3.05) is 13.7 Å². The van der Waals surface area contributed by atoms with Crippen molar-refractivity contribution in [2.24, 2.45) is 17.3 Å². The van der Waals surface area contributed by atoms with Crippen LogP contribution in [-0.4, -0.2) is 31.3 Å². The Labute approximate surface area is 174 Å². The van der Waals surface area contributed by atoms with Crippen LogP contribution in [0.1, 0.15) is 73.1 Å². The van der Waals surface area contributed by atoms with Crippen LogP contribution in [0.25, 0.3) is 0 Å². The Morgan fingerprint density at radius 1 is 1.24 bits per heavy atom. The van der Waals surface area contributed by atoms with Gasteiger partial charge in [0.1, 0.15) is 5.92 Å². The number of hydrogen-bond donors (Lipinski definition) is 1. The van der Waals surface area contributed by atoms with Crippen molar-refractivity contribution in [1.82, 2.24) is 5.48 Å². The molecule has 0 radical (unpaired) electrons. The van der Waals surface area contributed by atoms with E-state index >= 15 is 0 Å². The van der Waals surface area contributed by atoms with Crippen molar-refractivity contribution in [3.8, 4) is 0 Å². The van der Waals surface area contributed by atoms with Gasteiger partial charge in [-0.3, -0.25) is 24.7 Å². The molecule has 2 aliphatic rings. The Bertz CT molecular complexity index is 732. The maximum Gasteiger partial charge on any atom is 0.317 e. The summed E-state index contributed by atoms with van der Waals surface area (Å²) in [5.41, 5.74) is 5.42. The lowest BCUT2D eigenvalue weighted by Gasteiger charge is -2.42. The molecule has 1 saturated carbocycles. The smallest absolute Gasteiger partial charge is 0.317 e. The van der Waals surface area contributed by atoms with E-state index in [1.807, 2.05) is 13.8 Å². The van der Waals surface area contributed by atoms with Crippen molar-refractivity contribution in [3.05, 3.63) is 22.4 Å². The largest absolute Gasteiger partial charge is 0.468 e. The summed E-state index contributed by atoms with van der Waals surface area (Å²) in [6.07, 6.45) is 4.35. The quantitative estimate of drug-likeness (QED) is 0.172. The summed E-state index contributed by atoms with van der Waals surface area (Å²) < 4.78 is 5.02. The van der Waals surface area contributed by atoms with Crippen LogP contribution in [0.5, 0.6) is 0 Å². The van der Waals surface area contributed by atoms with E-state index in [1.165, 1.54) is 12.7 Å². The fourth-order valence-electron chi connectivity index (χ4n) is 4.98. The molecule has 0 bridgehead atoms. The number of hydroxylamine groups is 1. The molecule has 0 aromatic heterocycles. The van der Waals surface area contributed by atoms with Crippen molar-refractivity contribution in [2.45, 2.75) is 73.1 Å². The van der Waals surface area contributed by atoms with Gasteiger partial charge in [-0.15, -0.1) is 0 Å². The number of methoxy groups -OCH3 is 1. The highest BCUT2D eigenvalue weighted by molar-refractivity contribution is 6.27. The van der Waals surface area contributed by atoms with Crippen LogP contribution in [0.15, 0.2) is 22.4 Å². The van der Waals surface area contributed by atoms with Crippen molar-refractivity contribution < 1.29 is 24.0 Å². The predicted molar refractivity (Wildman–Crippen MR) is 111 cm³/mol. The van der Waals surface area contributed by atoms with E-state index in [-0.39, 0.29) is 23.2 Å². The summed E-state index contributed by atoms with van der Waals surface area (Å²) >= 11 is 0. The van der Waals surface area contributed by atoms with E-state index in [0.29, 0.717) is 18.7 Å². The van der Waals surface area contributed by atoms with Crippen LogP contribution < -0.4 is 5.48 Å². The maximum absolute atomic E-state index is 13.5. The van der Waals surface area contributed by atoms with Gasteiger partial charge < -0.3 is 4.74 Å². The van der Waals surface area contributed by atoms with E-state index in [1.54, 1.807) is 0 Å². The van der Waals surface area contributed by atoms with E-state index in [4.69, 9.17) is 9.57 Å². The molecule has 1 fully saturated rings. The Balaban J connectivity index is 2.58. The van der Waals surface area contributed by atoms with Crippen LogP contribution in [0.3, 0.4) is 0 Å². The lowest BCUT2D eigenvalue weighted by Crippen LogP contribution is -2.45. The Hall–Kier alpha value is -1.95. The monoisotopic (exact) mass is 405 g/mol. The van der Waals surface area contributed by atoms with Gasteiger partial charge in [0.15, 0.2) is 11.6 Å². The Kier molecular flexibility index (Phi) is 7.80. The zero-order valence-electron chi connectivity index (χ0n) is 18.6. The number of rotatable bonds is 7. The minimum atomic E-state index is -0.995. The second kappa shape index (κ2) is 9.70. The van der Waals surface area contributed by atoms with Crippen molar-refractivity contribution >= 4 is 17.5 Å². The molecular formula is C23H35NO5. The number of allylic oxidation sites excluding steroid dienone is 4. The molecule has 162 valence electrons. The fourth-order valence-corrected chi connectivity index (χ4v) is 4.98. The number of carbonyl (C=O) groups is 3. The third kappa shape index (κ3) is 4.80. The molecule has 29 heavy (non-hydrogen) atoms. The SMILES string of the molecule is CCC/C(NOCC)=C1/C(=O)CC(C2=C(C)CCCC2(C)C)C(C(=O)OC)C1=O. The fraction of sp³-hybridized carbons (Fsp3) is 0.696. The third-order valence-corrected chi connectivity index (χ3v) is 6.13. The van der Waals surface area contributed by atoms with Crippen LogP contribution >= 0.6 is 0 Å². The first kappa shape index (κ1) is 23.3. The number of ether oxygens (including phenoxy) is 1. The van der Waals surface area contributed by atoms with Gasteiger partial charge in [0, 0.05) is 12.3 Å². The molecule has 6 nitrogen and oxygen atoms in total. The number of Topliss-reactive ketones (excluding diaryl/α,β-unsaturated/α-hetero) is 2. The first-order valence-corrected chi connectivity index (χ1v) is 10.7. The average molecular weight is 406 g/mol. The minimum Gasteiger partial charge on any atom is -0.468 e. The zero-order chi connectivity index (χ0) is 21.8. The van der Waals surface area contributed by atoms with E-state index in [0.717, 1.165) is 31.3 Å². The first-order chi connectivity index (χ1) is 13.7. The summed E-state index contributed by atoms with van der Waals surface area (Å²) in [4.78, 5) is 44.7. The number of nitrogens with one attached hydrogen (secondary N) is 1. The van der Waals surface area contributed by atoms with Gasteiger partial charge in [-0.2, -0.15) is 0 Å². The average Bonchev–Trinajstić information content (AvgIpc) is 2.64. The van der Waals surface area contributed by atoms with Gasteiger partial charge in [-0.05, 0) is 44.9 Å². The molecule has 0 saturated heterocycles. The van der Waals surface area contributed by atoms with Gasteiger partial charge >= 0.3 is 5.97 Å². The van der Waals surface area contributed by atoms with E-state index < -0.39 is 23.6 Å². The lowest BCUT2D eigenvalue weighted by molar-refractivity contribution is -0.152. The summed E-state index contributed by atoms with van der Waals surface area (Å²) in [6, 6.07) is 0. The normalized spacial score (nSPS) is 26.4. The number of ketones is 2. The highest BCUT2D eigenvalue weighted by atomic mass is 16.6. The van der Waals surface area contributed by atoms with E-state index in [9.17, 15) is 14.4 Å². The number of carbonyl (C=O) groups excluding carboxylic acids is 3. The molecule has 2 rings (SSSR count). The Morgan fingerprint density at radius 2 is 1.93 bits per heavy atom. The molecule has 2 atom stereocenters. The molecule has 0 heterocycles. The second-order valence-electron chi connectivity index (χ2n) is 8.67. The molecule has 6 heteroatoms. The van der Waals surface area contributed by atoms with Crippen molar-refractivity contribution in [3.63, 3.8) is 0 Å². The highest BCUT2D eigenvalue weighted by Gasteiger charge is 2.50. The highest BCUT2D eigenvalue weighted by Crippen LogP contribution is 2.49. The molecule has 2 unspecified atom stereocenters. The number of esters is 1. The standard InChI is InChI=1S/C23H35NO5/c1-7-10-16(24-29-8-2)19-17(25)13-15(18(21(19)26)22(27)28-6)20-14(3)11-9-12-23(20,4)5/h15,18,24H,7-13H2,1-6H3/b19-16+. The van der Waals surface area contributed by atoms with Gasteiger partial charge in [-0.1, -0.05) is 38.3 Å². The van der Waals surface area contributed by atoms with Crippen LogP contribution in [-0.2, 0) is 24.0 Å². The molecule has 0 amide bonds. The molecule has 1 N–H and O–H groups in total. The predicted octanol–water partition coefficient (Wildman–Crippen LogP) is 4.06. The van der Waals surface area contributed by atoms with E-state index in [2.05, 4.69) is 26.3 Å². The van der Waals surface area contributed by atoms with Gasteiger partial charge in [-0.25, -0.2) is 0 Å². The van der Waals surface area contributed by atoms with Crippen molar-refractivity contribution in [1.29, 1.82) is 0 Å². The minimum absolute atomic E-state index is 0.0684. The third-order valence-electron chi connectivity index (χ3n) is 6.13. The summed E-state index contributed by atoms with van der Waals surface area (Å²) in [7, 11) is 1.30. The lowest BCUT2D eigenvalue weighted by atomic mass is 9.61.